The van der Waals surface area contributed by atoms with E-state index in [9.17, 15) is 0 Å². The van der Waals surface area contributed by atoms with E-state index in [2.05, 4.69) is 364 Å². The summed E-state index contributed by atoms with van der Waals surface area (Å²) in [5.74, 6) is 3.50. The van der Waals surface area contributed by atoms with Gasteiger partial charge in [0.25, 0.3) is 0 Å². The highest BCUT2D eigenvalue weighted by atomic mass is 15.0. The van der Waals surface area contributed by atoms with Crippen molar-refractivity contribution in [2.45, 2.75) is 22.7 Å². The molecule has 22 rings (SSSR count). The molecule has 17 aromatic rings. The van der Waals surface area contributed by atoms with Gasteiger partial charge in [-0.1, -0.05) is 364 Å². The largest absolute Gasteiger partial charge is 0.208 e. The van der Waals surface area contributed by atoms with Gasteiger partial charge < -0.3 is 0 Å². The van der Waals surface area contributed by atoms with Gasteiger partial charge in [0.05, 0.1) is 10.8 Å². The monoisotopic (exact) mass is 1350 g/mol. The Morgan fingerprint density at radius 1 is 0.170 bits per heavy atom. The summed E-state index contributed by atoms with van der Waals surface area (Å²) in [7, 11) is 0. The first-order valence-electron chi connectivity index (χ1n) is 36.5. The molecule has 494 valence electrons. The Morgan fingerprint density at radius 2 is 0.434 bits per heavy atom. The Balaban J connectivity index is 0.687. The number of benzene rings is 15. The number of hydrogen-bond donors (Lipinski definition) is 0. The first kappa shape index (κ1) is 61.0. The van der Waals surface area contributed by atoms with E-state index in [1.165, 1.54) is 100 Å². The second-order valence-corrected chi connectivity index (χ2v) is 28.1. The van der Waals surface area contributed by atoms with E-state index in [0.29, 0.717) is 34.9 Å². The molecule has 5 aliphatic carbocycles. The summed E-state index contributed by atoms with van der Waals surface area (Å²) < 4.78 is 0. The number of rotatable bonds is 12. The number of nitrogens with zero attached hydrogens (tertiary/aromatic N) is 6. The van der Waals surface area contributed by atoms with E-state index in [1.54, 1.807) is 0 Å². The molecular formula is C100H64N6. The lowest BCUT2D eigenvalue weighted by atomic mass is 9.61. The van der Waals surface area contributed by atoms with E-state index in [4.69, 9.17) is 29.9 Å². The molecule has 15 aromatic carbocycles. The maximum atomic E-state index is 5.58. The minimum absolute atomic E-state index is 0.0707. The van der Waals surface area contributed by atoms with Crippen LogP contribution in [-0.2, 0) is 10.8 Å². The molecule has 0 radical (unpaired) electrons. The Kier molecular flexibility index (Phi) is 14.1. The number of aromatic nitrogens is 6. The molecule has 0 amide bonds. The lowest BCUT2D eigenvalue weighted by Gasteiger charge is -2.42. The minimum atomic E-state index is -0.560. The zero-order chi connectivity index (χ0) is 69.9. The maximum absolute atomic E-state index is 5.58. The van der Waals surface area contributed by atoms with Crippen molar-refractivity contribution in [3.8, 4) is 113 Å². The van der Waals surface area contributed by atoms with E-state index >= 15 is 0 Å². The van der Waals surface area contributed by atoms with Crippen LogP contribution >= 0.6 is 0 Å². The zero-order valence-corrected chi connectivity index (χ0v) is 57.6. The summed E-state index contributed by atoms with van der Waals surface area (Å²) in [6.07, 6.45) is 0. The Hall–Kier alpha value is -13.7. The van der Waals surface area contributed by atoms with E-state index in [0.717, 1.165) is 55.6 Å². The van der Waals surface area contributed by atoms with Gasteiger partial charge in [0.1, 0.15) is 0 Å². The fourth-order valence-corrected chi connectivity index (χ4v) is 18.4. The van der Waals surface area contributed by atoms with Crippen LogP contribution in [0, 0.1) is 0 Å². The van der Waals surface area contributed by atoms with Crippen LogP contribution in [0.5, 0.6) is 0 Å². The van der Waals surface area contributed by atoms with E-state index in [1.807, 2.05) is 12.1 Å². The molecule has 2 unspecified atom stereocenters. The van der Waals surface area contributed by atoms with Gasteiger partial charge in [-0.15, -0.1) is 0 Å². The first-order valence-corrected chi connectivity index (χ1v) is 36.5. The SMILES string of the molecule is c1ccc(-c2nc(-c3ccc4c(c3)C3c5ccccc5C4c4cc(-c5nc(-c6ccccc6)nc(-c6ccccc6-c6cccc7c6-c6ccccc6C7(c6ccccc6)c6ccccc6)n5)ccc43)nc(-c3ccccc3-c3cccc4c3-c3ccccc3C4(c3ccccc3)c3ccccc3)n2)cc1. The summed E-state index contributed by atoms with van der Waals surface area (Å²) >= 11 is 0. The molecule has 6 heteroatoms. The Bertz CT molecular complexity index is 5870. The lowest BCUT2D eigenvalue weighted by Crippen LogP contribution is -2.28. The van der Waals surface area contributed by atoms with Crippen LogP contribution < -0.4 is 0 Å². The van der Waals surface area contributed by atoms with Crippen LogP contribution in [0.4, 0.5) is 0 Å². The minimum Gasteiger partial charge on any atom is -0.208 e. The molecule has 0 spiro atoms. The highest BCUT2D eigenvalue weighted by molar-refractivity contribution is 6.00. The molecule has 0 fully saturated rings. The van der Waals surface area contributed by atoms with Crippen molar-refractivity contribution in [3.63, 3.8) is 0 Å². The van der Waals surface area contributed by atoms with Crippen molar-refractivity contribution in [2.24, 2.45) is 0 Å². The Morgan fingerprint density at radius 3 is 0.802 bits per heavy atom. The van der Waals surface area contributed by atoms with Crippen LogP contribution in [-0.4, -0.2) is 29.9 Å². The van der Waals surface area contributed by atoms with E-state index in [-0.39, 0.29) is 11.8 Å². The molecule has 2 heterocycles. The normalized spacial score (nSPS) is 14.8. The molecule has 5 aliphatic rings. The van der Waals surface area contributed by atoms with Gasteiger partial charge in [0, 0.05) is 45.2 Å². The van der Waals surface area contributed by atoms with Crippen molar-refractivity contribution < 1.29 is 0 Å². The van der Waals surface area contributed by atoms with Crippen molar-refractivity contribution in [1.29, 1.82) is 0 Å². The van der Waals surface area contributed by atoms with E-state index < -0.39 is 10.8 Å². The van der Waals surface area contributed by atoms with Gasteiger partial charge in [-0.05, 0) is 135 Å². The number of hydrogen-bond acceptors (Lipinski definition) is 6. The predicted molar refractivity (Wildman–Crippen MR) is 426 cm³/mol. The second-order valence-electron chi connectivity index (χ2n) is 28.1. The zero-order valence-electron chi connectivity index (χ0n) is 57.6. The smallest absolute Gasteiger partial charge is 0.164 e. The lowest BCUT2D eigenvalue weighted by molar-refractivity contribution is 0.754. The molecule has 2 atom stereocenters. The van der Waals surface area contributed by atoms with Gasteiger partial charge in [0.2, 0.25) is 0 Å². The average Bonchev–Trinajstić information content (AvgIpc) is 1.55. The van der Waals surface area contributed by atoms with Gasteiger partial charge in [-0.3, -0.25) is 0 Å². The fourth-order valence-electron chi connectivity index (χ4n) is 18.4. The van der Waals surface area contributed by atoms with Gasteiger partial charge in [0.15, 0.2) is 34.9 Å². The predicted octanol–water partition coefficient (Wildman–Crippen LogP) is 23.1. The van der Waals surface area contributed by atoms with Crippen LogP contribution in [0.25, 0.3) is 113 Å². The third kappa shape index (κ3) is 9.24. The first-order chi connectivity index (χ1) is 52.6. The highest BCUT2D eigenvalue weighted by Crippen LogP contribution is 2.62. The van der Waals surface area contributed by atoms with Crippen molar-refractivity contribution in [3.05, 3.63) is 454 Å². The Labute approximate surface area is 615 Å². The topological polar surface area (TPSA) is 77.3 Å². The highest BCUT2D eigenvalue weighted by Gasteiger charge is 2.49. The van der Waals surface area contributed by atoms with Crippen molar-refractivity contribution in [1.82, 2.24) is 29.9 Å². The summed E-state index contributed by atoms with van der Waals surface area (Å²) in [6.45, 7) is 0. The molecule has 2 bridgehead atoms. The molecule has 106 heavy (non-hydrogen) atoms. The average molecular weight is 1350 g/mol. The van der Waals surface area contributed by atoms with Gasteiger partial charge >= 0.3 is 0 Å². The quantitative estimate of drug-likeness (QED) is 0.121. The second kappa shape index (κ2) is 24.5. The van der Waals surface area contributed by atoms with Crippen LogP contribution in [0.3, 0.4) is 0 Å². The van der Waals surface area contributed by atoms with Crippen LogP contribution in [0.2, 0.25) is 0 Å². The van der Waals surface area contributed by atoms with Gasteiger partial charge in [-0.25, -0.2) is 29.9 Å². The van der Waals surface area contributed by atoms with Crippen molar-refractivity contribution >= 4 is 0 Å². The third-order valence-corrected chi connectivity index (χ3v) is 22.8. The summed E-state index contributed by atoms with van der Waals surface area (Å²) in [4.78, 5) is 32.9. The molecule has 2 aromatic heterocycles. The van der Waals surface area contributed by atoms with Gasteiger partial charge in [-0.2, -0.15) is 0 Å². The third-order valence-electron chi connectivity index (χ3n) is 22.8. The molecule has 6 nitrogen and oxygen atoms in total. The summed E-state index contributed by atoms with van der Waals surface area (Å²) in [5.41, 5.74) is 31.1. The maximum Gasteiger partial charge on any atom is 0.164 e. The summed E-state index contributed by atoms with van der Waals surface area (Å²) in [6, 6.07) is 136. The summed E-state index contributed by atoms with van der Waals surface area (Å²) in [5, 5.41) is 0. The molecule has 0 aliphatic heterocycles. The fraction of sp³-hybridized carbons (Fsp3) is 0.0400. The van der Waals surface area contributed by atoms with Crippen LogP contribution in [0.15, 0.2) is 376 Å². The standard InChI is InChI=1S/C100H64N6/c1-7-31-63(32-8-1)93-101-95(105-97(103-93)79-47-23-19-43-71(79)73-51-29-55-87-91(73)81-49-25-27-53-85(81)99(87,67-35-11-3-12-36-67)68-37-13-4-14-38-68)65-57-59-77-83(61-65)89-75-45-21-22-46-76(75)90(77)84-62-66(58-60-78(84)89)96-102-94(64-33-9-2-10-34-64)104-98(106-96)80-48-24-20-44-72(80)74-52-30-56-88-92(74)82-50-26-28-54-86(82)100(88,69-39-15-5-16-40-69)70-41-17-6-18-42-70/h1-62,89-90H. The molecule has 0 N–H and O–H groups in total. The molecule has 0 saturated heterocycles. The van der Waals surface area contributed by atoms with Crippen molar-refractivity contribution in [2.75, 3.05) is 0 Å². The number of fused-ring (bicyclic) bond motifs is 6. The molecular weight excluding hydrogens is 1290 g/mol. The molecule has 0 saturated carbocycles. The van der Waals surface area contributed by atoms with Crippen LogP contribution in [0.1, 0.15) is 89.7 Å².